The van der Waals surface area contributed by atoms with Crippen molar-refractivity contribution in [3.8, 4) is 22.1 Å². The van der Waals surface area contributed by atoms with Gasteiger partial charge in [0.15, 0.2) is 0 Å². The molecule has 4 aliphatic rings. The van der Waals surface area contributed by atoms with E-state index in [2.05, 4.69) is 0 Å². The number of hydrogen-bond acceptors (Lipinski definition) is 8. The van der Waals surface area contributed by atoms with Gasteiger partial charge in [-0.3, -0.25) is 23.9 Å². The third kappa shape index (κ3) is 4.95. The Labute approximate surface area is 330 Å². The Balaban J connectivity index is 1.17. The number of amides is 4. The summed E-state index contributed by atoms with van der Waals surface area (Å²) in [6, 6.07) is 17.5. The number of methoxy groups -OCH3 is 1. The summed E-state index contributed by atoms with van der Waals surface area (Å²) in [7, 11) is 3.19. The number of phenolic OH excluding ortho intramolecular Hbond substituents is 1. The van der Waals surface area contributed by atoms with Gasteiger partial charge in [-0.15, -0.1) is 11.3 Å². The summed E-state index contributed by atoms with van der Waals surface area (Å²) in [5.41, 5.74) is 2.50. The minimum atomic E-state index is -1.40. The molecule has 2 aliphatic heterocycles. The molecule has 2 aliphatic carbocycles. The Morgan fingerprint density at radius 2 is 1.73 bits per heavy atom. The molecule has 6 unspecified atom stereocenters. The lowest BCUT2D eigenvalue weighted by Crippen LogP contribution is -2.49. The molecule has 0 radical (unpaired) electrons. The summed E-state index contributed by atoms with van der Waals surface area (Å²) in [5, 5.41) is 18.4. The first-order valence-electron chi connectivity index (χ1n) is 18.1. The molecule has 280 valence electrons. The second-order valence-electron chi connectivity index (χ2n) is 15.2. The summed E-state index contributed by atoms with van der Waals surface area (Å²) >= 11 is 14.3. The van der Waals surface area contributed by atoms with Crippen molar-refractivity contribution in [1.82, 2.24) is 9.78 Å². The lowest BCUT2D eigenvalue weighted by Gasteiger charge is -2.49. The first-order chi connectivity index (χ1) is 26.3. The second-order valence-corrected chi connectivity index (χ2v) is 17.1. The molecule has 3 aromatic carbocycles. The topological polar surface area (TPSA) is 122 Å². The molecule has 5 aromatic rings. The average molecular weight is 796 g/mol. The average Bonchev–Trinajstić information content (AvgIpc) is 3.83. The van der Waals surface area contributed by atoms with Crippen molar-refractivity contribution in [2.75, 3.05) is 16.9 Å². The van der Waals surface area contributed by atoms with Crippen LogP contribution in [0.4, 0.5) is 11.5 Å². The van der Waals surface area contributed by atoms with Gasteiger partial charge in [-0.1, -0.05) is 47.0 Å². The molecule has 1 saturated carbocycles. The normalized spacial score (nSPS) is 26.1. The predicted molar refractivity (Wildman–Crippen MR) is 212 cm³/mol. The SMILES string of the molecule is COc1cccc(O)c1C1C2=CCC3C(=O)N(c4ccc(C)c(Cl)c4)C(=O)C3C2CC2C(=O)N(c3cc(-c4sc5ccc(Cl)cc5c4C)nn3C)C(=O)C21C. The van der Waals surface area contributed by atoms with Crippen LogP contribution < -0.4 is 14.5 Å². The Morgan fingerprint density at radius 3 is 2.47 bits per heavy atom. The van der Waals surface area contributed by atoms with E-state index >= 15 is 4.79 Å². The monoisotopic (exact) mass is 794 g/mol. The lowest BCUT2D eigenvalue weighted by molar-refractivity contribution is -0.131. The van der Waals surface area contributed by atoms with Crippen LogP contribution >= 0.6 is 34.5 Å². The van der Waals surface area contributed by atoms with Crippen LogP contribution in [0, 0.1) is 42.9 Å². The molecule has 0 spiro atoms. The largest absolute Gasteiger partial charge is 0.508 e. The van der Waals surface area contributed by atoms with Gasteiger partial charge >= 0.3 is 0 Å². The molecule has 55 heavy (non-hydrogen) atoms. The molecule has 6 atom stereocenters. The zero-order chi connectivity index (χ0) is 38.8. The van der Waals surface area contributed by atoms with E-state index in [9.17, 15) is 19.5 Å². The third-order valence-electron chi connectivity index (χ3n) is 12.5. The highest BCUT2D eigenvalue weighted by Crippen LogP contribution is 2.65. The number of thiophene rings is 1. The van der Waals surface area contributed by atoms with E-state index in [0.717, 1.165) is 31.7 Å². The van der Waals surface area contributed by atoms with Gasteiger partial charge in [0.1, 0.15) is 23.0 Å². The predicted octanol–water partition coefficient (Wildman–Crippen LogP) is 8.37. The van der Waals surface area contributed by atoms with E-state index in [4.69, 9.17) is 33.0 Å². The Hall–Kier alpha value is -4.97. The number of aromatic hydroxyl groups is 1. The number of aryl methyl sites for hydroxylation is 3. The summed E-state index contributed by atoms with van der Waals surface area (Å²) in [4.78, 5) is 62.0. The molecule has 2 aromatic heterocycles. The number of fused-ring (bicyclic) bond motifs is 5. The highest BCUT2D eigenvalue weighted by atomic mass is 35.5. The molecule has 4 amide bonds. The summed E-state index contributed by atoms with van der Waals surface area (Å²) in [6.07, 6.45) is 2.35. The first kappa shape index (κ1) is 35.7. The minimum absolute atomic E-state index is 0.0976. The highest BCUT2D eigenvalue weighted by molar-refractivity contribution is 7.22. The Bertz CT molecular complexity index is 2580. The number of nitrogens with zero attached hydrogens (tertiary/aromatic N) is 4. The number of ether oxygens (including phenoxy) is 1. The Morgan fingerprint density at radius 1 is 0.945 bits per heavy atom. The van der Waals surface area contributed by atoms with Crippen molar-refractivity contribution in [3.63, 3.8) is 0 Å². The zero-order valence-corrected chi connectivity index (χ0v) is 32.9. The summed E-state index contributed by atoms with van der Waals surface area (Å²) in [5.74, 6) is -4.83. The van der Waals surface area contributed by atoms with E-state index in [1.165, 1.54) is 23.0 Å². The van der Waals surface area contributed by atoms with Crippen LogP contribution in [0.5, 0.6) is 11.5 Å². The van der Waals surface area contributed by atoms with E-state index in [0.29, 0.717) is 38.6 Å². The number of aromatic nitrogens is 2. The number of hydrogen-bond donors (Lipinski definition) is 1. The van der Waals surface area contributed by atoms with E-state index in [-0.39, 0.29) is 30.4 Å². The lowest BCUT2D eigenvalue weighted by atomic mass is 9.51. The Kier molecular flexibility index (Phi) is 8.13. The summed E-state index contributed by atoms with van der Waals surface area (Å²) in [6.45, 7) is 5.62. The second kappa shape index (κ2) is 12.5. The van der Waals surface area contributed by atoms with Crippen LogP contribution in [0.25, 0.3) is 20.7 Å². The van der Waals surface area contributed by atoms with Crippen LogP contribution in [-0.2, 0) is 26.2 Å². The smallest absolute Gasteiger partial charge is 0.242 e. The van der Waals surface area contributed by atoms with Gasteiger partial charge in [0, 0.05) is 39.3 Å². The van der Waals surface area contributed by atoms with Crippen molar-refractivity contribution < 1.29 is 29.0 Å². The fourth-order valence-corrected chi connectivity index (χ4v) is 11.2. The molecule has 0 bridgehead atoms. The summed E-state index contributed by atoms with van der Waals surface area (Å²) < 4.78 is 8.38. The molecule has 10 nitrogen and oxygen atoms in total. The molecule has 13 heteroatoms. The number of imide groups is 2. The van der Waals surface area contributed by atoms with Crippen LogP contribution in [-0.4, -0.2) is 45.6 Å². The number of halogens is 2. The van der Waals surface area contributed by atoms with Crippen molar-refractivity contribution in [2.45, 2.75) is 39.5 Å². The van der Waals surface area contributed by atoms with Crippen LogP contribution in [0.3, 0.4) is 0 Å². The highest BCUT2D eigenvalue weighted by Gasteiger charge is 2.68. The standard InChI is InChI=1S/C42H36Cl2N4O6S/c1-19-9-11-22(16-28(19)44)47-38(50)24-13-12-23-26(34(24)40(47)52)17-27-39(51)48(41(53)42(27,3)36(23)35-30(49)7-6-8-31(35)54-5)33-18-29(45-46(33)4)37-20(2)25-15-21(43)10-14-32(25)55-37/h6-12,14-16,18,24,26-27,34,36,49H,13,17H2,1-5H3. The van der Waals surface area contributed by atoms with Crippen LogP contribution in [0.2, 0.25) is 10.0 Å². The molecule has 4 heterocycles. The van der Waals surface area contributed by atoms with Crippen LogP contribution in [0.1, 0.15) is 42.4 Å². The fourth-order valence-electron chi connectivity index (χ4n) is 9.73. The zero-order valence-electron chi connectivity index (χ0n) is 30.6. The molecule has 2 saturated heterocycles. The molecule has 9 rings (SSSR count). The van der Waals surface area contributed by atoms with Gasteiger partial charge in [-0.2, -0.15) is 5.10 Å². The first-order valence-corrected chi connectivity index (χ1v) is 19.6. The number of benzene rings is 3. The van der Waals surface area contributed by atoms with Crippen LogP contribution in [0.15, 0.2) is 72.3 Å². The van der Waals surface area contributed by atoms with Crippen molar-refractivity contribution in [1.29, 1.82) is 0 Å². The van der Waals surface area contributed by atoms with Gasteiger partial charge in [0.2, 0.25) is 23.6 Å². The molecular formula is C42H36Cl2N4O6S. The molecule has 1 N–H and O–H groups in total. The third-order valence-corrected chi connectivity index (χ3v) is 14.4. The number of carbonyl (C=O) groups is 4. The molecule has 3 fully saturated rings. The van der Waals surface area contributed by atoms with Crippen molar-refractivity contribution >= 4 is 79.8 Å². The minimum Gasteiger partial charge on any atom is -0.508 e. The quantitative estimate of drug-likeness (QED) is 0.140. The van der Waals surface area contributed by atoms with Gasteiger partial charge in [0.25, 0.3) is 0 Å². The number of allylic oxidation sites excluding steroid dienone is 2. The maximum atomic E-state index is 15.2. The number of anilines is 2. The number of rotatable bonds is 5. The van der Waals surface area contributed by atoms with E-state index in [1.807, 2.05) is 38.1 Å². The maximum Gasteiger partial charge on any atom is 0.242 e. The number of carbonyl (C=O) groups excluding carboxylic acids is 4. The van der Waals surface area contributed by atoms with Gasteiger partial charge in [0.05, 0.1) is 40.8 Å². The van der Waals surface area contributed by atoms with E-state index < -0.39 is 46.8 Å². The van der Waals surface area contributed by atoms with Gasteiger partial charge in [-0.05, 0) is 98.5 Å². The van der Waals surface area contributed by atoms with Crippen molar-refractivity contribution in [3.05, 3.63) is 99.0 Å². The molecular weight excluding hydrogens is 759 g/mol. The van der Waals surface area contributed by atoms with Crippen molar-refractivity contribution in [2.24, 2.45) is 36.1 Å². The van der Waals surface area contributed by atoms with Gasteiger partial charge < -0.3 is 9.84 Å². The maximum absolute atomic E-state index is 15.2. The van der Waals surface area contributed by atoms with E-state index in [1.54, 1.807) is 66.4 Å². The number of phenols is 1. The fraction of sp³-hybridized carbons (Fsp3) is 0.310. The van der Waals surface area contributed by atoms with Gasteiger partial charge in [-0.25, -0.2) is 9.80 Å².